The lowest BCUT2D eigenvalue weighted by molar-refractivity contribution is -0.112. The quantitative estimate of drug-likeness (QED) is 0.257. The fourth-order valence-electron chi connectivity index (χ4n) is 2.47. The summed E-state index contributed by atoms with van der Waals surface area (Å²) in [4.78, 5) is 12.5. The topological polar surface area (TPSA) is 62.1 Å². The maximum absolute atomic E-state index is 12.5. The minimum atomic E-state index is -0.593. The van der Waals surface area contributed by atoms with E-state index >= 15 is 0 Å². The van der Waals surface area contributed by atoms with E-state index in [0.29, 0.717) is 39.5 Å². The Kier molecular flexibility index (Phi) is 8.53. The first-order chi connectivity index (χ1) is 13.9. The number of carbonyl (C=O) groups is 1. The number of hydrogen-bond acceptors (Lipinski definition) is 3. The number of nitrogens with one attached hydrogen (secondary N) is 1. The Morgan fingerprint density at radius 2 is 2.03 bits per heavy atom. The molecule has 0 saturated carbocycles. The molecule has 0 fully saturated rings. The number of ether oxygens (including phenoxy) is 1. The highest BCUT2D eigenvalue weighted by Gasteiger charge is 2.14. The number of hydrogen-bond donors (Lipinski definition) is 1. The summed E-state index contributed by atoms with van der Waals surface area (Å²) in [6, 6.07) is 10.4. The van der Waals surface area contributed by atoms with E-state index in [0.717, 1.165) is 5.56 Å². The SMILES string of the molecule is C=CCOc1c(Br)cc(/C=C(/C#N)C(=O)Nc2cccc(Cl)c2Cl)cc1CC=C. The van der Waals surface area contributed by atoms with E-state index in [-0.39, 0.29) is 10.6 Å². The molecule has 0 unspecified atom stereocenters. The first-order valence-corrected chi connectivity index (χ1v) is 10.00. The Hall–Kier alpha value is -2.52. The van der Waals surface area contributed by atoms with Crippen LogP contribution >= 0.6 is 39.1 Å². The summed E-state index contributed by atoms with van der Waals surface area (Å²) in [7, 11) is 0. The van der Waals surface area contributed by atoms with Gasteiger partial charge in [0, 0.05) is 0 Å². The summed E-state index contributed by atoms with van der Waals surface area (Å²) in [5.74, 6) is 0.0701. The van der Waals surface area contributed by atoms with E-state index in [4.69, 9.17) is 27.9 Å². The van der Waals surface area contributed by atoms with Gasteiger partial charge in [0.1, 0.15) is 24.0 Å². The molecule has 0 bridgehead atoms. The van der Waals surface area contributed by atoms with Crippen LogP contribution in [0.3, 0.4) is 0 Å². The molecule has 0 heterocycles. The van der Waals surface area contributed by atoms with Gasteiger partial charge in [0.2, 0.25) is 0 Å². The zero-order valence-electron chi connectivity index (χ0n) is 15.3. The van der Waals surface area contributed by atoms with E-state index in [1.54, 1.807) is 36.4 Å². The number of amides is 1. The first-order valence-electron chi connectivity index (χ1n) is 8.45. The van der Waals surface area contributed by atoms with Crippen molar-refractivity contribution in [2.75, 3.05) is 11.9 Å². The predicted molar refractivity (Wildman–Crippen MR) is 122 cm³/mol. The van der Waals surface area contributed by atoms with Crippen LogP contribution in [0.2, 0.25) is 10.0 Å². The molecule has 0 aliphatic heterocycles. The molecule has 2 rings (SSSR count). The monoisotopic (exact) mass is 490 g/mol. The maximum atomic E-state index is 12.5. The second-order valence-corrected chi connectivity index (χ2v) is 7.45. The molecule has 0 spiro atoms. The van der Waals surface area contributed by atoms with Crippen molar-refractivity contribution in [2.45, 2.75) is 6.42 Å². The van der Waals surface area contributed by atoms with Gasteiger partial charge in [0.05, 0.1) is 20.2 Å². The number of allylic oxidation sites excluding steroid dienone is 1. The van der Waals surface area contributed by atoms with Crippen LogP contribution in [0.4, 0.5) is 5.69 Å². The maximum Gasteiger partial charge on any atom is 0.266 e. The molecule has 0 aliphatic carbocycles. The fourth-order valence-corrected chi connectivity index (χ4v) is 3.45. The predicted octanol–water partition coefficient (Wildman–Crippen LogP) is 6.59. The fraction of sp³-hybridized carbons (Fsp3) is 0.0909. The summed E-state index contributed by atoms with van der Waals surface area (Å²) >= 11 is 15.5. The van der Waals surface area contributed by atoms with Crippen molar-refractivity contribution in [3.63, 3.8) is 0 Å². The van der Waals surface area contributed by atoms with Crippen molar-refractivity contribution in [2.24, 2.45) is 0 Å². The zero-order chi connectivity index (χ0) is 21.4. The Balaban J connectivity index is 2.37. The normalized spacial score (nSPS) is 10.8. The molecular weight excluding hydrogens is 475 g/mol. The average Bonchev–Trinajstić information content (AvgIpc) is 2.69. The van der Waals surface area contributed by atoms with Crippen LogP contribution in [0.15, 0.2) is 65.7 Å². The van der Waals surface area contributed by atoms with Gasteiger partial charge in [-0.1, -0.05) is 48.0 Å². The molecule has 0 radical (unpaired) electrons. The number of benzene rings is 2. The van der Waals surface area contributed by atoms with Gasteiger partial charge in [0.15, 0.2) is 0 Å². The molecular formula is C22H17BrCl2N2O2. The van der Waals surface area contributed by atoms with Gasteiger partial charge < -0.3 is 10.1 Å². The summed E-state index contributed by atoms with van der Waals surface area (Å²) < 4.78 is 6.40. The summed E-state index contributed by atoms with van der Waals surface area (Å²) in [5, 5.41) is 12.6. The van der Waals surface area contributed by atoms with E-state index in [1.807, 2.05) is 12.1 Å². The second kappa shape index (κ2) is 10.9. The number of halogens is 3. The number of rotatable bonds is 8. The molecule has 2 aromatic rings. The molecule has 0 aliphatic rings. The Morgan fingerprint density at radius 1 is 1.28 bits per heavy atom. The van der Waals surface area contributed by atoms with Gasteiger partial charge in [0.25, 0.3) is 5.91 Å². The van der Waals surface area contributed by atoms with Crippen LogP contribution in [0, 0.1) is 11.3 Å². The number of anilines is 1. The molecule has 148 valence electrons. The van der Waals surface area contributed by atoms with Crippen LogP contribution in [0.1, 0.15) is 11.1 Å². The van der Waals surface area contributed by atoms with Gasteiger partial charge in [-0.05, 0) is 63.8 Å². The Bertz CT molecular complexity index is 1030. The summed E-state index contributed by atoms with van der Waals surface area (Å²) in [5.41, 5.74) is 1.76. The highest BCUT2D eigenvalue weighted by Crippen LogP contribution is 2.33. The van der Waals surface area contributed by atoms with Crippen molar-refractivity contribution in [1.29, 1.82) is 5.26 Å². The van der Waals surface area contributed by atoms with Crippen LogP contribution in [0.25, 0.3) is 6.08 Å². The summed E-state index contributed by atoms with van der Waals surface area (Å²) in [6.45, 7) is 7.76. The van der Waals surface area contributed by atoms with Gasteiger partial charge in [-0.3, -0.25) is 4.79 Å². The number of nitrogens with zero attached hydrogens (tertiary/aromatic N) is 1. The Labute approximate surface area is 188 Å². The number of nitriles is 1. The van der Waals surface area contributed by atoms with Gasteiger partial charge >= 0.3 is 0 Å². The smallest absolute Gasteiger partial charge is 0.266 e. The van der Waals surface area contributed by atoms with E-state index in [9.17, 15) is 10.1 Å². The third kappa shape index (κ3) is 5.98. The van der Waals surface area contributed by atoms with E-state index in [1.165, 1.54) is 6.08 Å². The third-order valence-electron chi connectivity index (χ3n) is 3.73. The standard InChI is InChI=1S/C22H17BrCl2N2O2/c1-3-6-15-10-14(12-17(23)21(15)29-9-4-2)11-16(13-26)22(28)27-19-8-5-7-18(24)20(19)25/h3-5,7-8,10-12H,1-2,6,9H2,(H,27,28)/b16-11-. The minimum Gasteiger partial charge on any atom is -0.488 e. The minimum absolute atomic E-state index is 0.0859. The molecule has 2 aromatic carbocycles. The lowest BCUT2D eigenvalue weighted by atomic mass is 10.0. The molecule has 0 saturated heterocycles. The van der Waals surface area contributed by atoms with E-state index < -0.39 is 5.91 Å². The highest BCUT2D eigenvalue weighted by molar-refractivity contribution is 9.10. The average molecular weight is 492 g/mol. The van der Waals surface area contributed by atoms with Crippen molar-refractivity contribution >= 4 is 56.8 Å². The zero-order valence-corrected chi connectivity index (χ0v) is 18.4. The molecule has 4 nitrogen and oxygen atoms in total. The highest BCUT2D eigenvalue weighted by atomic mass is 79.9. The van der Waals surface area contributed by atoms with E-state index in [2.05, 4.69) is 34.4 Å². The molecule has 1 N–H and O–H groups in total. The third-order valence-corrected chi connectivity index (χ3v) is 5.14. The van der Waals surface area contributed by atoms with Crippen LogP contribution in [-0.4, -0.2) is 12.5 Å². The second-order valence-electron chi connectivity index (χ2n) is 5.81. The van der Waals surface area contributed by atoms with Gasteiger partial charge in [-0.2, -0.15) is 5.26 Å². The van der Waals surface area contributed by atoms with Crippen molar-refractivity contribution in [3.8, 4) is 11.8 Å². The van der Waals surface area contributed by atoms with Crippen molar-refractivity contribution < 1.29 is 9.53 Å². The van der Waals surface area contributed by atoms with Crippen LogP contribution in [0.5, 0.6) is 5.75 Å². The van der Waals surface area contributed by atoms with Gasteiger partial charge in [-0.15, -0.1) is 6.58 Å². The lowest BCUT2D eigenvalue weighted by Crippen LogP contribution is -2.13. The number of carbonyl (C=O) groups excluding carboxylic acids is 1. The molecule has 29 heavy (non-hydrogen) atoms. The molecule has 0 aromatic heterocycles. The largest absolute Gasteiger partial charge is 0.488 e. The first kappa shape index (κ1) is 22.8. The molecule has 0 atom stereocenters. The van der Waals surface area contributed by atoms with Gasteiger partial charge in [-0.25, -0.2) is 0 Å². The Morgan fingerprint density at radius 3 is 2.69 bits per heavy atom. The molecule has 1 amide bonds. The summed E-state index contributed by atoms with van der Waals surface area (Å²) in [6.07, 6.45) is 5.44. The van der Waals surface area contributed by atoms with Crippen LogP contribution in [-0.2, 0) is 11.2 Å². The lowest BCUT2D eigenvalue weighted by Gasteiger charge is -2.13. The van der Waals surface area contributed by atoms with Crippen molar-refractivity contribution in [1.82, 2.24) is 0 Å². The van der Waals surface area contributed by atoms with Crippen molar-refractivity contribution in [3.05, 3.63) is 86.9 Å². The van der Waals surface area contributed by atoms with Crippen LogP contribution < -0.4 is 10.1 Å². The molecule has 7 heteroatoms.